The smallest absolute Gasteiger partial charge is 0.257 e. The van der Waals surface area contributed by atoms with Crippen molar-refractivity contribution in [3.63, 3.8) is 0 Å². The molecule has 5 aromatic rings. The minimum absolute atomic E-state index is 0.153. The third-order valence-electron chi connectivity index (χ3n) is 4.33. The van der Waals surface area contributed by atoms with Gasteiger partial charge in [-0.1, -0.05) is 36.0 Å². The summed E-state index contributed by atoms with van der Waals surface area (Å²) >= 11 is 1.25. The summed E-state index contributed by atoms with van der Waals surface area (Å²) < 4.78 is 7.52. The van der Waals surface area contributed by atoms with Gasteiger partial charge in [0.15, 0.2) is 5.58 Å². The van der Waals surface area contributed by atoms with Crippen LogP contribution in [0.15, 0.2) is 82.8 Å². The predicted molar refractivity (Wildman–Crippen MR) is 112 cm³/mol. The second kappa shape index (κ2) is 7.40. The van der Waals surface area contributed by atoms with E-state index >= 15 is 0 Å². The van der Waals surface area contributed by atoms with Gasteiger partial charge in [-0.2, -0.15) is 0 Å². The molecule has 0 fully saturated rings. The van der Waals surface area contributed by atoms with Gasteiger partial charge in [-0.25, -0.2) is 15.0 Å². The predicted octanol–water partition coefficient (Wildman–Crippen LogP) is 4.29. The summed E-state index contributed by atoms with van der Waals surface area (Å²) in [6.45, 7) is 0. The Bertz CT molecular complexity index is 1280. The van der Waals surface area contributed by atoms with Gasteiger partial charge in [-0.3, -0.25) is 9.36 Å². The molecule has 1 N–H and O–H groups in total. The van der Waals surface area contributed by atoms with E-state index in [1.165, 1.54) is 11.8 Å². The molecule has 3 heterocycles. The number of aromatic nitrogens is 4. The molecule has 3 aromatic heterocycles. The van der Waals surface area contributed by atoms with Gasteiger partial charge in [-0.15, -0.1) is 0 Å². The Morgan fingerprint density at radius 3 is 2.66 bits per heavy atom. The van der Waals surface area contributed by atoms with Gasteiger partial charge < -0.3 is 9.73 Å². The molecule has 0 saturated heterocycles. The second-order valence-electron chi connectivity index (χ2n) is 6.29. The number of para-hydroxylation sites is 4. The monoisotopic (exact) mass is 401 g/mol. The van der Waals surface area contributed by atoms with Crippen LogP contribution in [0.1, 0.15) is 0 Å². The number of hydrogen-bond acceptors (Lipinski definition) is 6. The molecule has 0 bridgehead atoms. The van der Waals surface area contributed by atoms with Gasteiger partial charge in [0, 0.05) is 0 Å². The van der Waals surface area contributed by atoms with E-state index in [9.17, 15) is 4.79 Å². The van der Waals surface area contributed by atoms with Gasteiger partial charge in [-0.05, 0) is 36.4 Å². The van der Waals surface area contributed by atoms with E-state index in [-0.39, 0.29) is 11.7 Å². The number of pyridine rings is 1. The van der Waals surface area contributed by atoms with Crippen molar-refractivity contribution in [3.05, 3.63) is 73.2 Å². The number of fused-ring (bicyclic) bond motifs is 2. The van der Waals surface area contributed by atoms with E-state index in [1.54, 1.807) is 12.5 Å². The van der Waals surface area contributed by atoms with Crippen LogP contribution in [0, 0.1) is 0 Å². The van der Waals surface area contributed by atoms with Crippen molar-refractivity contribution in [3.8, 4) is 5.82 Å². The number of hydrogen-bond donors (Lipinski definition) is 1. The molecule has 0 aliphatic heterocycles. The second-order valence-corrected chi connectivity index (χ2v) is 7.22. The van der Waals surface area contributed by atoms with Gasteiger partial charge in [0.2, 0.25) is 5.91 Å². The molecule has 0 radical (unpaired) electrons. The lowest BCUT2D eigenvalue weighted by Crippen LogP contribution is -2.14. The van der Waals surface area contributed by atoms with Gasteiger partial charge in [0.05, 0.1) is 28.7 Å². The topological polar surface area (TPSA) is 85.8 Å². The standard InChI is InChI=1S/C21H15N5O2S/c27-20(12-29-21-25-16-6-2-4-8-18(16)28-21)24-14-9-10-19(22-11-14)26-13-23-15-5-1-3-7-17(15)26/h1-11,13H,12H2,(H,24,27). The fourth-order valence-corrected chi connectivity index (χ4v) is 3.62. The van der Waals surface area contributed by atoms with Gasteiger partial charge >= 0.3 is 0 Å². The number of nitrogens with one attached hydrogen (secondary N) is 1. The van der Waals surface area contributed by atoms with E-state index in [1.807, 2.05) is 65.2 Å². The minimum Gasteiger partial charge on any atom is -0.431 e. The normalized spacial score (nSPS) is 11.2. The highest BCUT2D eigenvalue weighted by atomic mass is 32.2. The summed E-state index contributed by atoms with van der Waals surface area (Å²) in [4.78, 5) is 25.4. The van der Waals surface area contributed by atoms with Crippen LogP contribution in [0.4, 0.5) is 5.69 Å². The lowest BCUT2D eigenvalue weighted by molar-refractivity contribution is -0.113. The van der Waals surface area contributed by atoms with Crippen molar-refractivity contribution < 1.29 is 9.21 Å². The third kappa shape index (κ3) is 3.57. The first-order chi connectivity index (χ1) is 14.3. The van der Waals surface area contributed by atoms with Crippen molar-refractivity contribution in [2.24, 2.45) is 0 Å². The summed E-state index contributed by atoms with van der Waals surface area (Å²) in [7, 11) is 0. The first-order valence-corrected chi connectivity index (χ1v) is 9.91. The molecule has 8 heteroatoms. The number of benzene rings is 2. The number of imidazole rings is 1. The maximum atomic E-state index is 12.2. The minimum atomic E-state index is -0.153. The van der Waals surface area contributed by atoms with E-state index in [4.69, 9.17) is 4.42 Å². The van der Waals surface area contributed by atoms with Crippen LogP contribution in [0.5, 0.6) is 0 Å². The highest BCUT2D eigenvalue weighted by Gasteiger charge is 2.10. The molecule has 142 valence electrons. The number of amides is 1. The van der Waals surface area contributed by atoms with Crippen LogP contribution in [0.25, 0.3) is 28.0 Å². The Balaban J connectivity index is 1.24. The molecule has 29 heavy (non-hydrogen) atoms. The molecule has 0 spiro atoms. The van der Waals surface area contributed by atoms with Crippen LogP contribution >= 0.6 is 11.8 Å². The maximum absolute atomic E-state index is 12.2. The van der Waals surface area contributed by atoms with E-state index in [2.05, 4.69) is 20.3 Å². The molecule has 1 amide bonds. The van der Waals surface area contributed by atoms with Crippen molar-refractivity contribution in [2.45, 2.75) is 5.22 Å². The van der Waals surface area contributed by atoms with E-state index < -0.39 is 0 Å². The number of carbonyl (C=O) groups excluding carboxylic acids is 1. The summed E-state index contributed by atoms with van der Waals surface area (Å²) in [6, 6.07) is 19.0. The molecular formula is C21H15N5O2S. The zero-order valence-corrected chi connectivity index (χ0v) is 16.0. The molecule has 7 nitrogen and oxygen atoms in total. The molecule has 5 rings (SSSR count). The molecule has 2 aromatic carbocycles. The van der Waals surface area contributed by atoms with E-state index in [0.29, 0.717) is 16.5 Å². The number of carbonyl (C=O) groups is 1. The van der Waals surface area contributed by atoms with Gasteiger partial charge in [0.25, 0.3) is 5.22 Å². The van der Waals surface area contributed by atoms with Crippen molar-refractivity contribution in [1.29, 1.82) is 0 Å². The summed E-state index contributed by atoms with van der Waals surface area (Å²) in [5, 5.41) is 3.31. The Morgan fingerprint density at radius 1 is 1.00 bits per heavy atom. The highest BCUT2D eigenvalue weighted by molar-refractivity contribution is 7.99. The quantitative estimate of drug-likeness (QED) is 0.442. The Hall–Kier alpha value is -3.65. The molecule has 0 aliphatic carbocycles. The SMILES string of the molecule is O=C(CSc1nc2ccccc2o1)Nc1ccc(-n2cnc3ccccc32)nc1. The fourth-order valence-electron chi connectivity index (χ4n) is 2.98. The number of rotatable bonds is 5. The summed E-state index contributed by atoms with van der Waals surface area (Å²) in [6.07, 6.45) is 3.37. The number of oxazole rings is 1. The Labute approximate surface area is 169 Å². The van der Waals surface area contributed by atoms with Gasteiger partial charge in [0.1, 0.15) is 17.7 Å². The lowest BCUT2D eigenvalue weighted by Gasteiger charge is -2.06. The van der Waals surface area contributed by atoms with Crippen LogP contribution in [0.3, 0.4) is 0 Å². The van der Waals surface area contributed by atoms with Crippen molar-refractivity contribution >= 4 is 45.5 Å². The Kier molecular flexibility index (Phi) is 4.45. The number of nitrogens with zero attached hydrogens (tertiary/aromatic N) is 4. The highest BCUT2D eigenvalue weighted by Crippen LogP contribution is 2.23. The fraction of sp³-hybridized carbons (Fsp3) is 0.0476. The first kappa shape index (κ1) is 17.4. The zero-order chi connectivity index (χ0) is 19.6. The van der Waals surface area contributed by atoms with Crippen molar-refractivity contribution in [1.82, 2.24) is 19.5 Å². The lowest BCUT2D eigenvalue weighted by atomic mass is 10.3. The van der Waals surface area contributed by atoms with Crippen LogP contribution in [-0.2, 0) is 4.79 Å². The first-order valence-electron chi connectivity index (χ1n) is 8.93. The zero-order valence-electron chi connectivity index (χ0n) is 15.1. The number of thioether (sulfide) groups is 1. The van der Waals surface area contributed by atoms with Crippen LogP contribution in [0.2, 0.25) is 0 Å². The van der Waals surface area contributed by atoms with Crippen molar-refractivity contribution in [2.75, 3.05) is 11.1 Å². The van der Waals surface area contributed by atoms with Crippen LogP contribution < -0.4 is 5.32 Å². The third-order valence-corrected chi connectivity index (χ3v) is 5.16. The summed E-state index contributed by atoms with van der Waals surface area (Å²) in [5.74, 6) is 0.776. The largest absolute Gasteiger partial charge is 0.431 e. The molecule has 0 atom stereocenters. The molecule has 0 aliphatic rings. The molecule has 0 unspecified atom stereocenters. The molecular weight excluding hydrogens is 386 g/mol. The number of anilines is 1. The summed E-state index contributed by atoms with van der Waals surface area (Å²) in [5.41, 5.74) is 4.00. The van der Waals surface area contributed by atoms with Crippen LogP contribution in [-0.4, -0.2) is 31.2 Å². The average molecular weight is 401 g/mol. The molecule has 0 saturated carbocycles. The average Bonchev–Trinajstić information content (AvgIpc) is 3.37. The maximum Gasteiger partial charge on any atom is 0.257 e. The van der Waals surface area contributed by atoms with E-state index in [0.717, 1.165) is 22.4 Å². The Morgan fingerprint density at radius 2 is 1.83 bits per heavy atom.